The molecule has 3 nitrogen and oxygen atoms in total. The lowest BCUT2D eigenvalue weighted by Gasteiger charge is -2.16. The standard InChI is InChI=1S/C26H24ClNO2/c1-18-6-5-7-19(14-18)17-30-25-12-10-20-8-3-4-9-22(20)23(25)16-28-21-11-13-26(29-2)24(27)15-21/h3-15,28H,16-17H2,1-2H3. The summed E-state index contributed by atoms with van der Waals surface area (Å²) in [6.07, 6.45) is 0. The molecule has 4 rings (SSSR count). The highest BCUT2D eigenvalue weighted by atomic mass is 35.5. The SMILES string of the molecule is COc1ccc(NCc2c(OCc3cccc(C)c3)ccc3ccccc23)cc1Cl. The number of hydrogen-bond acceptors (Lipinski definition) is 3. The van der Waals surface area contributed by atoms with Crippen LogP contribution in [0.15, 0.2) is 78.9 Å². The summed E-state index contributed by atoms with van der Waals surface area (Å²) in [5.74, 6) is 1.54. The van der Waals surface area contributed by atoms with Gasteiger partial charge in [-0.25, -0.2) is 0 Å². The minimum atomic E-state index is 0.529. The molecule has 0 saturated heterocycles. The largest absolute Gasteiger partial charge is 0.495 e. The first-order chi connectivity index (χ1) is 14.6. The highest BCUT2D eigenvalue weighted by Crippen LogP contribution is 2.31. The van der Waals surface area contributed by atoms with Crippen molar-refractivity contribution in [2.75, 3.05) is 12.4 Å². The molecule has 0 bridgehead atoms. The predicted octanol–water partition coefficient (Wildman–Crippen LogP) is 7.00. The zero-order valence-electron chi connectivity index (χ0n) is 17.1. The summed E-state index contributed by atoms with van der Waals surface area (Å²) >= 11 is 6.28. The third kappa shape index (κ3) is 4.52. The van der Waals surface area contributed by atoms with E-state index in [0.717, 1.165) is 22.6 Å². The molecule has 0 radical (unpaired) electrons. The van der Waals surface area contributed by atoms with Crippen molar-refractivity contribution in [3.63, 3.8) is 0 Å². The van der Waals surface area contributed by atoms with E-state index >= 15 is 0 Å². The van der Waals surface area contributed by atoms with Gasteiger partial charge >= 0.3 is 0 Å². The number of ether oxygens (including phenoxy) is 2. The van der Waals surface area contributed by atoms with Crippen LogP contribution in [0, 0.1) is 6.92 Å². The van der Waals surface area contributed by atoms with Crippen molar-refractivity contribution in [1.82, 2.24) is 0 Å². The molecule has 152 valence electrons. The molecular weight excluding hydrogens is 394 g/mol. The number of rotatable bonds is 7. The van der Waals surface area contributed by atoms with Crippen LogP contribution in [0.5, 0.6) is 11.5 Å². The van der Waals surface area contributed by atoms with Gasteiger partial charge < -0.3 is 14.8 Å². The van der Waals surface area contributed by atoms with Gasteiger partial charge in [0.05, 0.1) is 12.1 Å². The third-order valence-corrected chi connectivity index (χ3v) is 5.39. The molecule has 0 atom stereocenters. The van der Waals surface area contributed by atoms with Gasteiger partial charge in [0, 0.05) is 17.8 Å². The molecule has 0 aromatic heterocycles. The van der Waals surface area contributed by atoms with Gasteiger partial charge in [0.15, 0.2) is 0 Å². The lowest BCUT2D eigenvalue weighted by atomic mass is 10.0. The number of anilines is 1. The van der Waals surface area contributed by atoms with Gasteiger partial charge in [-0.15, -0.1) is 0 Å². The first-order valence-corrected chi connectivity index (χ1v) is 10.3. The minimum absolute atomic E-state index is 0.529. The molecule has 0 spiro atoms. The van der Waals surface area contributed by atoms with Crippen molar-refractivity contribution in [1.29, 1.82) is 0 Å². The van der Waals surface area contributed by atoms with E-state index in [4.69, 9.17) is 21.1 Å². The molecule has 4 aromatic rings. The second-order valence-electron chi connectivity index (χ2n) is 7.24. The minimum Gasteiger partial charge on any atom is -0.495 e. The van der Waals surface area contributed by atoms with Gasteiger partial charge in [-0.1, -0.05) is 71.8 Å². The van der Waals surface area contributed by atoms with Crippen LogP contribution < -0.4 is 14.8 Å². The normalized spacial score (nSPS) is 10.8. The lowest BCUT2D eigenvalue weighted by molar-refractivity contribution is 0.304. The van der Waals surface area contributed by atoms with E-state index < -0.39 is 0 Å². The van der Waals surface area contributed by atoms with Gasteiger partial charge in [-0.05, 0) is 47.5 Å². The Hall–Kier alpha value is -3.17. The Morgan fingerprint density at radius 1 is 0.867 bits per heavy atom. The molecule has 0 fully saturated rings. The van der Waals surface area contributed by atoms with Crippen molar-refractivity contribution < 1.29 is 9.47 Å². The highest BCUT2D eigenvalue weighted by Gasteiger charge is 2.10. The average molecular weight is 418 g/mol. The molecule has 0 saturated carbocycles. The summed E-state index contributed by atoms with van der Waals surface area (Å²) in [5.41, 5.74) is 4.43. The molecule has 0 aliphatic carbocycles. The third-order valence-electron chi connectivity index (χ3n) is 5.10. The van der Waals surface area contributed by atoms with Gasteiger partial charge in [-0.2, -0.15) is 0 Å². The highest BCUT2D eigenvalue weighted by molar-refractivity contribution is 6.32. The van der Waals surface area contributed by atoms with Crippen LogP contribution in [0.25, 0.3) is 10.8 Å². The summed E-state index contributed by atoms with van der Waals surface area (Å²) in [5, 5.41) is 6.41. The Morgan fingerprint density at radius 3 is 2.50 bits per heavy atom. The number of fused-ring (bicyclic) bond motifs is 1. The fourth-order valence-electron chi connectivity index (χ4n) is 3.56. The predicted molar refractivity (Wildman–Crippen MR) is 125 cm³/mol. The van der Waals surface area contributed by atoms with Crippen LogP contribution in [0.4, 0.5) is 5.69 Å². The van der Waals surface area contributed by atoms with Gasteiger partial charge in [0.1, 0.15) is 18.1 Å². The van der Waals surface area contributed by atoms with Crippen molar-refractivity contribution in [3.05, 3.63) is 101 Å². The van der Waals surface area contributed by atoms with Gasteiger partial charge in [0.25, 0.3) is 0 Å². The van der Waals surface area contributed by atoms with E-state index in [2.05, 4.69) is 72.9 Å². The summed E-state index contributed by atoms with van der Waals surface area (Å²) in [6, 6.07) is 26.6. The topological polar surface area (TPSA) is 30.5 Å². The Kier molecular flexibility index (Phi) is 6.10. The smallest absolute Gasteiger partial charge is 0.137 e. The van der Waals surface area contributed by atoms with Crippen molar-refractivity contribution in [2.45, 2.75) is 20.1 Å². The van der Waals surface area contributed by atoms with E-state index in [0.29, 0.717) is 23.9 Å². The molecule has 4 aromatic carbocycles. The number of halogens is 1. The van der Waals surface area contributed by atoms with Gasteiger partial charge in [0.2, 0.25) is 0 Å². The van der Waals surface area contributed by atoms with Crippen LogP contribution in [0.3, 0.4) is 0 Å². The zero-order valence-corrected chi connectivity index (χ0v) is 17.9. The van der Waals surface area contributed by atoms with Crippen LogP contribution in [0.1, 0.15) is 16.7 Å². The number of benzene rings is 4. The molecule has 0 unspecified atom stereocenters. The van der Waals surface area contributed by atoms with Crippen LogP contribution in [0.2, 0.25) is 5.02 Å². The second-order valence-corrected chi connectivity index (χ2v) is 7.65. The summed E-state index contributed by atoms with van der Waals surface area (Å²) < 4.78 is 11.5. The van der Waals surface area contributed by atoms with Crippen molar-refractivity contribution >= 4 is 28.1 Å². The molecule has 0 aliphatic heterocycles. The van der Waals surface area contributed by atoms with Crippen LogP contribution >= 0.6 is 11.6 Å². The molecular formula is C26H24ClNO2. The number of aryl methyl sites for hydroxylation is 1. The van der Waals surface area contributed by atoms with Crippen molar-refractivity contribution in [2.24, 2.45) is 0 Å². The maximum absolute atomic E-state index is 6.28. The summed E-state index contributed by atoms with van der Waals surface area (Å²) in [6.45, 7) is 3.24. The van der Waals surface area contributed by atoms with Crippen LogP contribution in [-0.4, -0.2) is 7.11 Å². The first-order valence-electron chi connectivity index (χ1n) is 9.90. The lowest BCUT2D eigenvalue weighted by Crippen LogP contribution is -2.05. The van der Waals surface area contributed by atoms with Crippen LogP contribution in [-0.2, 0) is 13.2 Å². The maximum Gasteiger partial charge on any atom is 0.137 e. The fourth-order valence-corrected chi connectivity index (χ4v) is 3.82. The Morgan fingerprint density at radius 2 is 1.70 bits per heavy atom. The zero-order chi connectivity index (χ0) is 20.9. The molecule has 0 amide bonds. The Bertz CT molecular complexity index is 1170. The van der Waals surface area contributed by atoms with E-state index in [-0.39, 0.29) is 0 Å². The molecule has 1 N–H and O–H groups in total. The summed E-state index contributed by atoms with van der Waals surface area (Å²) in [4.78, 5) is 0. The molecule has 4 heteroatoms. The Labute approximate surface area is 182 Å². The average Bonchev–Trinajstić information content (AvgIpc) is 2.76. The van der Waals surface area contributed by atoms with E-state index in [9.17, 15) is 0 Å². The maximum atomic E-state index is 6.28. The van der Waals surface area contributed by atoms with Gasteiger partial charge in [-0.3, -0.25) is 0 Å². The molecule has 0 heterocycles. The fraction of sp³-hybridized carbons (Fsp3) is 0.154. The van der Waals surface area contributed by atoms with E-state index in [1.165, 1.54) is 16.3 Å². The number of nitrogens with one attached hydrogen (secondary N) is 1. The monoisotopic (exact) mass is 417 g/mol. The second kappa shape index (κ2) is 9.10. The number of methoxy groups -OCH3 is 1. The quantitative estimate of drug-likeness (QED) is 0.351. The first kappa shape index (κ1) is 20.1. The molecule has 0 aliphatic rings. The Balaban J connectivity index is 1.61. The summed E-state index contributed by atoms with van der Waals surface area (Å²) in [7, 11) is 1.61. The number of hydrogen-bond donors (Lipinski definition) is 1. The van der Waals surface area contributed by atoms with E-state index in [1.807, 2.05) is 18.2 Å². The van der Waals surface area contributed by atoms with Crippen molar-refractivity contribution in [3.8, 4) is 11.5 Å². The van der Waals surface area contributed by atoms with E-state index in [1.54, 1.807) is 7.11 Å². The molecule has 30 heavy (non-hydrogen) atoms.